The summed E-state index contributed by atoms with van der Waals surface area (Å²) in [6, 6.07) is 3.47. The molecular weight excluding hydrogens is 358 g/mol. The number of pyridine rings is 1. The molecular formula is C17H18ClN5OS. The molecule has 0 saturated heterocycles. The lowest BCUT2D eigenvalue weighted by molar-refractivity contribution is 0.102. The topological polar surface area (TPSA) is 72.2 Å². The van der Waals surface area contributed by atoms with Crippen molar-refractivity contribution in [1.29, 1.82) is 0 Å². The highest BCUT2D eigenvalue weighted by Crippen LogP contribution is 2.35. The van der Waals surface area contributed by atoms with Gasteiger partial charge in [-0.1, -0.05) is 42.2 Å². The molecule has 8 heteroatoms. The number of rotatable bonds is 3. The largest absolute Gasteiger partial charge is 0.295 e. The Hall–Kier alpha value is -1.99. The van der Waals surface area contributed by atoms with Gasteiger partial charge in [-0.05, 0) is 25.8 Å². The molecule has 1 saturated carbocycles. The van der Waals surface area contributed by atoms with E-state index in [0.717, 1.165) is 17.8 Å². The molecule has 1 N–H and O–H groups in total. The van der Waals surface area contributed by atoms with Crippen LogP contribution in [0.5, 0.6) is 0 Å². The van der Waals surface area contributed by atoms with E-state index in [1.807, 2.05) is 6.92 Å². The molecule has 1 amide bonds. The van der Waals surface area contributed by atoms with Crippen LogP contribution in [0.1, 0.15) is 59.2 Å². The molecule has 3 heterocycles. The number of aryl methyl sites for hydroxylation is 1. The maximum absolute atomic E-state index is 12.7. The fraction of sp³-hybridized carbons (Fsp3) is 0.412. The summed E-state index contributed by atoms with van der Waals surface area (Å²) in [6.45, 7) is 1.81. The Balaban J connectivity index is 1.56. The first-order chi connectivity index (χ1) is 12.1. The van der Waals surface area contributed by atoms with Crippen molar-refractivity contribution in [1.82, 2.24) is 19.6 Å². The lowest BCUT2D eigenvalue weighted by atomic mass is 9.90. The quantitative estimate of drug-likeness (QED) is 0.734. The minimum atomic E-state index is -0.237. The third kappa shape index (κ3) is 3.26. The molecule has 4 rings (SSSR count). The van der Waals surface area contributed by atoms with Crippen LogP contribution >= 0.6 is 22.9 Å². The predicted molar refractivity (Wildman–Crippen MR) is 98.6 cm³/mol. The van der Waals surface area contributed by atoms with Crippen LogP contribution in [0, 0.1) is 6.92 Å². The molecule has 6 nitrogen and oxygen atoms in total. The van der Waals surface area contributed by atoms with Crippen molar-refractivity contribution in [2.24, 2.45) is 0 Å². The molecule has 3 aromatic heterocycles. The first-order valence-electron chi connectivity index (χ1n) is 8.41. The van der Waals surface area contributed by atoms with E-state index in [1.54, 1.807) is 22.7 Å². The third-order valence-electron chi connectivity index (χ3n) is 4.59. The standard InChI is InChI=1S/C17H18ClN5OS/c1-10-14(23-8-7-12(18)9-13(23)19-10)15(24)20-17-22-21-16(25-17)11-5-3-2-4-6-11/h7-9,11H,2-6H2,1H3,(H,20,22,24). The zero-order valence-electron chi connectivity index (χ0n) is 13.8. The Morgan fingerprint density at radius 1 is 1.32 bits per heavy atom. The first kappa shape index (κ1) is 16.5. The first-order valence-corrected chi connectivity index (χ1v) is 9.60. The zero-order valence-corrected chi connectivity index (χ0v) is 15.4. The lowest BCUT2D eigenvalue weighted by Crippen LogP contribution is -2.15. The fourth-order valence-corrected chi connectivity index (χ4v) is 4.43. The third-order valence-corrected chi connectivity index (χ3v) is 5.83. The monoisotopic (exact) mass is 375 g/mol. The van der Waals surface area contributed by atoms with E-state index < -0.39 is 0 Å². The highest BCUT2D eigenvalue weighted by molar-refractivity contribution is 7.15. The molecule has 0 radical (unpaired) electrons. The van der Waals surface area contributed by atoms with Crippen LogP contribution in [0.15, 0.2) is 18.3 Å². The van der Waals surface area contributed by atoms with E-state index in [1.165, 1.54) is 30.6 Å². The summed E-state index contributed by atoms with van der Waals surface area (Å²) in [5.74, 6) is 0.246. The fourth-order valence-electron chi connectivity index (χ4n) is 3.37. The van der Waals surface area contributed by atoms with Crippen LogP contribution < -0.4 is 5.32 Å². The van der Waals surface area contributed by atoms with Gasteiger partial charge in [-0.2, -0.15) is 0 Å². The van der Waals surface area contributed by atoms with E-state index in [9.17, 15) is 4.79 Å². The van der Waals surface area contributed by atoms with Gasteiger partial charge in [-0.25, -0.2) is 4.98 Å². The van der Waals surface area contributed by atoms with Gasteiger partial charge in [0.1, 0.15) is 16.3 Å². The van der Waals surface area contributed by atoms with Crippen molar-refractivity contribution in [3.8, 4) is 0 Å². The molecule has 0 bridgehead atoms. The van der Waals surface area contributed by atoms with Gasteiger partial charge in [0.2, 0.25) is 5.13 Å². The van der Waals surface area contributed by atoms with Crippen molar-refractivity contribution in [2.75, 3.05) is 5.32 Å². The van der Waals surface area contributed by atoms with Gasteiger partial charge in [0.05, 0.1) is 5.69 Å². The molecule has 0 aromatic carbocycles. The van der Waals surface area contributed by atoms with Crippen LogP contribution in [0.25, 0.3) is 5.65 Å². The Labute approximate surface area is 154 Å². The predicted octanol–water partition coefficient (Wildman–Crippen LogP) is 4.45. The van der Waals surface area contributed by atoms with Gasteiger partial charge in [0.15, 0.2) is 0 Å². The smallest absolute Gasteiger partial charge is 0.276 e. The minimum Gasteiger partial charge on any atom is -0.295 e. The number of nitrogens with one attached hydrogen (secondary N) is 1. The Morgan fingerprint density at radius 3 is 2.92 bits per heavy atom. The lowest BCUT2D eigenvalue weighted by Gasteiger charge is -2.18. The van der Waals surface area contributed by atoms with Gasteiger partial charge >= 0.3 is 0 Å². The summed E-state index contributed by atoms with van der Waals surface area (Å²) in [5, 5.41) is 13.4. The SMILES string of the molecule is Cc1nc2cc(Cl)ccn2c1C(=O)Nc1nnc(C2CCCCC2)s1. The minimum absolute atomic E-state index is 0.237. The maximum Gasteiger partial charge on any atom is 0.276 e. The molecule has 0 atom stereocenters. The number of carbonyl (C=O) groups excluding carboxylic acids is 1. The molecule has 1 fully saturated rings. The van der Waals surface area contributed by atoms with Crippen LogP contribution in [0.3, 0.4) is 0 Å². The van der Waals surface area contributed by atoms with Crippen molar-refractivity contribution in [2.45, 2.75) is 44.9 Å². The number of hydrogen-bond donors (Lipinski definition) is 1. The number of hydrogen-bond acceptors (Lipinski definition) is 5. The summed E-state index contributed by atoms with van der Waals surface area (Å²) in [6.07, 6.45) is 7.87. The van der Waals surface area contributed by atoms with Crippen LogP contribution in [0.4, 0.5) is 5.13 Å². The number of anilines is 1. The van der Waals surface area contributed by atoms with Crippen molar-refractivity contribution >= 4 is 39.6 Å². The maximum atomic E-state index is 12.7. The number of aromatic nitrogens is 4. The molecule has 25 heavy (non-hydrogen) atoms. The normalized spacial score (nSPS) is 15.6. The van der Waals surface area contributed by atoms with Gasteiger partial charge < -0.3 is 0 Å². The van der Waals surface area contributed by atoms with Crippen LogP contribution in [-0.4, -0.2) is 25.5 Å². The summed E-state index contributed by atoms with van der Waals surface area (Å²) in [4.78, 5) is 17.1. The summed E-state index contributed by atoms with van der Waals surface area (Å²) >= 11 is 7.47. The Morgan fingerprint density at radius 2 is 2.12 bits per heavy atom. The molecule has 0 unspecified atom stereocenters. The number of fused-ring (bicyclic) bond motifs is 1. The van der Waals surface area contributed by atoms with Crippen LogP contribution in [0.2, 0.25) is 5.02 Å². The molecule has 0 aliphatic heterocycles. The van der Waals surface area contributed by atoms with Crippen molar-refractivity contribution < 1.29 is 4.79 Å². The van der Waals surface area contributed by atoms with E-state index >= 15 is 0 Å². The number of imidazole rings is 1. The van der Waals surface area contributed by atoms with E-state index in [0.29, 0.717) is 33.1 Å². The molecule has 0 spiro atoms. The van der Waals surface area contributed by atoms with Gasteiger partial charge in [0, 0.05) is 23.2 Å². The van der Waals surface area contributed by atoms with E-state index in [4.69, 9.17) is 11.6 Å². The Bertz CT molecular complexity index is 928. The summed E-state index contributed by atoms with van der Waals surface area (Å²) in [5.41, 5.74) is 1.79. The van der Waals surface area contributed by atoms with Gasteiger partial charge in [-0.15, -0.1) is 10.2 Å². The number of nitrogens with zero attached hydrogens (tertiary/aromatic N) is 4. The molecule has 130 valence electrons. The average molecular weight is 376 g/mol. The average Bonchev–Trinajstić information content (AvgIpc) is 3.18. The molecule has 3 aromatic rings. The second-order valence-electron chi connectivity index (χ2n) is 6.35. The summed E-state index contributed by atoms with van der Waals surface area (Å²) < 4.78 is 1.74. The number of carbonyl (C=O) groups is 1. The highest BCUT2D eigenvalue weighted by Gasteiger charge is 2.22. The molecule has 1 aliphatic carbocycles. The van der Waals surface area contributed by atoms with Gasteiger partial charge in [-0.3, -0.25) is 14.5 Å². The Kier molecular flexibility index (Phi) is 4.43. The van der Waals surface area contributed by atoms with Crippen LogP contribution in [-0.2, 0) is 0 Å². The highest BCUT2D eigenvalue weighted by atomic mass is 35.5. The van der Waals surface area contributed by atoms with Crippen molar-refractivity contribution in [3.63, 3.8) is 0 Å². The van der Waals surface area contributed by atoms with E-state index in [2.05, 4.69) is 20.5 Å². The summed E-state index contributed by atoms with van der Waals surface area (Å²) in [7, 11) is 0. The van der Waals surface area contributed by atoms with E-state index in [-0.39, 0.29) is 5.91 Å². The van der Waals surface area contributed by atoms with Gasteiger partial charge in [0.25, 0.3) is 5.91 Å². The second kappa shape index (κ2) is 6.72. The number of amides is 1. The zero-order chi connectivity index (χ0) is 17.4. The molecule has 1 aliphatic rings. The van der Waals surface area contributed by atoms with Crippen molar-refractivity contribution in [3.05, 3.63) is 39.7 Å². The number of halogens is 1. The second-order valence-corrected chi connectivity index (χ2v) is 7.80.